The molecule has 1 aromatic carbocycles. The zero-order chi connectivity index (χ0) is 15.4. The van der Waals surface area contributed by atoms with E-state index in [-0.39, 0.29) is 6.42 Å². The van der Waals surface area contributed by atoms with Crippen molar-refractivity contribution in [2.24, 2.45) is 0 Å². The van der Waals surface area contributed by atoms with E-state index in [1.807, 2.05) is 0 Å². The van der Waals surface area contributed by atoms with Crippen LogP contribution in [0.5, 0.6) is 0 Å². The fraction of sp³-hybridized carbons (Fsp3) is 0.429. The Bertz CT molecular complexity index is 484. The molecule has 0 saturated heterocycles. The number of nitrogens with one attached hydrogen (secondary N) is 1. The molecule has 0 amide bonds. The van der Waals surface area contributed by atoms with Gasteiger partial charge in [-0.05, 0) is 19.4 Å². The van der Waals surface area contributed by atoms with Gasteiger partial charge in [-0.15, -0.1) is 0 Å². The molecule has 0 aromatic heterocycles. The highest BCUT2D eigenvalue weighted by Crippen LogP contribution is 2.31. The molecule has 112 valence electrons. The molecule has 1 rings (SSSR count). The Hall–Kier alpha value is -1.43. The van der Waals surface area contributed by atoms with Crippen LogP contribution in [-0.2, 0) is 0 Å². The maximum atomic E-state index is 13.7. The van der Waals surface area contributed by atoms with Crippen molar-refractivity contribution in [1.29, 1.82) is 0 Å². The number of hydrogen-bond acceptors (Lipinski definition) is 1. The van der Waals surface area contributed by atoms with Gasteiger partial charge in [0.15, 0.2) is 23.3 Å². The summed E-state index contributed by atoms with van der Waals surface area (Å²) in [5.74, 6) is -9.59. The van der Waals surface area contributed by atoms with Gasteiger partial charge in [0.1, 0.15) is 0 Å². The largest absolute Gasteiger partial charge is 0.310 e. The molecular formula is C14H16F5N. The van der Waals surface area contributed by atoms with Crippen molar-refractivity contribution in [2.75, 3.05) is 6.54 Å². The second-order valence-corrected chi connectivity index (χ2v) is 4.40. The average Bonchev–Trinajstić information content (AvgIpc) is 2.43. The molecule has 0 fully saturated rings. The predicted octanol–water partition coefficient (Wildman–Crippen LogP) is 4.39. The lowest BCUT2D eigenvalue weighted by Gasteiger charge is -2.21. The summed E-state index contributed by atoms with van der Waals surface area (Å²) in [5, 5.41) is 2.72. The van der Waals surface area contributed by atoms with Gasteiger partial charge in [-0.3, -0.25) is 0 Å². The van der Waals surface area contributed by atoms with E-state index < -0.39 is 40.7 Å². The number of hydrogen-bond donors (Lipinski definition) is 1. The Labute approximate surface area is 114 Å². The van der Waals surface area contributed by atoms with E-state index in [2.05, 4.69) is 11.9 Å². The van der Waals surface area contributed by atoms with Crippen LogP contribution in [0.25, 0.3) is 0 Å². The Kier molecular flexibility index (Phi) is 5.68. The van der Waals surface area contributed by atoms with E-state index >= 15 is 0 Å². The lowest BCUT2D eigenvalue weighted by Crippen LogP contribution is -2.25. The average molecular weight is 293 g/mol. The van der Waals surface area contributed by atoms with Crippen LogP contribution in [0.4, 0.5) is 22.0 Å². The maximum absolute atomic E-state index is 13.7. The molecule has 0 aliphatic carbocycles. The van der Waals surface area contributed by atoms with E-state index in [1.54, 1.807) is 13.8 Å². The van der Waals surface area contributed by atoms with Crippen molar-refractivity contribution >= 4 is 0 Å². The van der Waals surface area contributed by atoms with Gasteiger partial charge in [-0.25, -0.2) is 22.0 Å². The molecule has 1 unspecified atom stereocenters. The van der Waals surface area contributed by atoms with Crippen molar-refractivity contribution in [1.82, 2.24) is 5.32 Å². The zero-order valence-electron chi connectivity index (χ0n) is 11.3. The summed E-state index contributed by atoms with van der Waals surface area (Å²) < 4.78 is 66.9. The number of benzene rings is 1. The molecule has 0 aliphatic rings. The molecule has 6 heteroatoms. The fourth-order valence-corrected chi connectivity index (χ4v) is 1.88. The summed E-state index contributed by atoms with van der Waals surface area (Å²) >= 11 is 0. The second-order valence-electron chi connectivity index (χ2n) is 4.40. The van der Waals surface area contributed by atoms with E-state index in [0.717, 1.165) is 0 Å². The van der Waals surface area contributed by atoms with Gasteiger partial charge >= 0.3 is 0 Å². The monoisotopic (exact) mass is 293 g/mol. The fourth-order valence-electron chi connectivity index (χ4n) is 1.88. The molecule has 1 aromatic rings. The summed E-state index contributed by atoms with van der Waals surface area (Å²) in [4.78, 5) is 0. The molecule has 0 aliphatic heterocycles. The lowest BCUT2D eigenvalue weighted by molar-refractivity contribution is 0.355. The van der Waals surface area contributed by atoms with Crippen LogP contribution in [0.2, 0.25) is 0 Å². The van der Waals surface area contributed by atoms with E-state index in [9.17, 15) is 22.0 Å². The molecule has 1 N–H and O–H groups in total. The minimum atomic E-state index is -2.15. The van der Waals surface area contributed by atoms with Gasteiger partial charge in [-0.2, -0.15) is 0 Å². The Morgan fingerprint density at radius 1 is 0.950 bits per heavy atom. The molecule has 0 spiro atoms. The summed E-state index contributed by atoms with van der Waals surface area (Å²) in [7, 11) is 0. The van der Waals surface area contributed by atoms with Crippen molar-refractivity contribution in [2.45, 2.75) is 32.7 Å². The Morgan fingerprint density at radius 2 is 1.40 bits per heavy atom. The molecule has 1 nitrogen and oxygen atoms in total. The minimum absolute atomic E-state index is 0.0999. The van der Waals surface area contributed by atoms with E-state index in [0.29, 0.717) is 18.5 Å². The molecule has 0 bridgehead atoms. The number of rotatable bonds is 6. The molecular weight excluding hydrogens is 277 g/mol. The van der Waals surface area contributed by atoms with Crippen molar-refractivity contribution < 1.29 is 22.0 Å². The SMILES string of the molecule is C=C(CC)CC(NCC)c1c(F)c(F)c(F)c(F)c1F. The first-order valence-corrected chi connectivity index (χ1v) is 6.26. The first-order chi connectivity index (χ1) is 9.34. The van der Waals surface area contributed by atoms with Crippen LogP contribution in [-0.4, -0.2) is 6.54 Å². The zero-order valence-corrected chi connectivity index (χ0v) is 11.3. The topological polar surface area (TPSA) is 12.0 Å². The lowest BCUT2D eigenvalue weighted by atomic mass is 9.96. The van der Waals surface area contributed by atoms with Gasteiger partial charge in [0.2, 0.25) is 5.82 Å². The minimum Gasteiger partial charge on any atom is -0.310 e. The van der Waals surface area contributed by atoms with Crippen LogP contribution < -0.4 is 5.32 Å². The summed E-state index contributed by atoms with van der Waals surface area (Å²) in [5.41, 5.74) is -0.183. The van der Waals surface area contributed by atoms with Gasteiger partial charge in [0.05, 0.1) is 0 Å². The molecule has 0 saturated carbocycles. The van der Waals surface area contributed by atoms with Crippen molar-refractivity contribution in [3.05, 3.63) is 46.8 Å². The number of halogens is 5. The summed E-state index contributed by atoms with van der Waals surface area (Å²) in [6.07, 6.45) is 0.653. The van der Waals surface area contributed by atoms with Crippen LogP contribution in [0.3, 0.4) is 0 Å². The van der Waals surface area contributed by atoms with Crippen LogP contribution in [0.15, 0.2) is 12.2 Å². The standard InChI is InChI=1S/C14H16F5N/c1-4-7(3)6-8(20-5-2)9-10(15)12(17)14(19)13(18)11(9)16/h8,20H,3-6H2,1-2H3. The van der Waals surface area contributed by atoms with E-state index in [4.69, 9.17) is 0 Å². The third kappa shape index (κ3) is 3.17. The van der Waals surface area contributed by atoms with Crippen molar-refractivity contribution in [3.63, 3.8) is 0 Å². The van der Waals surface area contributed by atoms with Crippen LogP contribution in [0.1, 0.15) is 38.3 Å². The molecule has 0 radical (unpaired) electrons. The molecule has 20 heavy (non-hydrogen) atoms. The third-order valence-electron chi connectivity index (χ3n) is 3.04. The Balaban J connectivity index is 3.36. The first-order valence-electron chi connectivity index (χ1n) is 6.26. The van der Waals surface area contributed by atoms with Crippen molar-refractivity contribution in [3.8, 4) is 0 Å². The second kappa shape index (κ2) is 6.83. The normalized spacial score (nSPS) is 12.6. The third-order valence-corrected chi connectivity index (χ3v) is 3.04. The van der Waals surface area contributed by atoms with Gasteiger partial charge < -0.3 is 5.32 Å². The van der Waals surface area contributed by atoms with Gasteiger partial charge in [0.25, 0.3) is 0 Å². The van der Waals surface area contributed by atoms with Gasteiger partial charge in [-0.1, -0.05) is 26.0 Å². The van der Waals surface area contributed by atoms with Gasteiger partial charge in [0, 0.05) is 11.6 Å². The van der Waals surface area contributed by atoms with E-state index in [1.165, 1.54) is 0 Å². The summed E-state index contributed by atoms with van der Waals surface area (Å²) in [6.45, 7) is 7.49. The molecule has 0 heterocycles. The maximum Gasteiger partial charge on any atom is 0.200 e. The summed E-state index contributed by atoms with van der Waals surface area (Å²) in [6, 6.07) is -1.00. The molecule has 1 atom stereocenters. The quantitative estimate of drug-likeness (QED) is 0.355. The highest BCUT2D eigenvalue weighted by atomic mass is 19.2. The Morgan fingerprint density at radius 3 is 1.80 bits per heavy atom. The first kappa shape index (κ1) is 16.6. The smallest absolute Gasteiger partial charge is 0.200 e. The highest BCUT2D eigenvalue weighted by molar-refractivity contribution is 5.28. The van der Waals surface area contributed by atoms with Crippen LogP contribution >= 0.6 is 0 Å². The predicted molar refractivity (Wildman–Crippen MR) is 66.7 cm³/mol. The van der Waals surface area contributed by atoms with Crippen LogP contribution in [0, 0.1) is 29.1 Å². The highest BCUT2D eigenvalue weighted by Gasteiger charge is 2.30.